The van der Waals surface area contributed by atoms with Gasteiger partial charge in [0.05, 0.1) is 29.4 Å². The maximum absolute atomic E-state index is 13.1. The van der Waals surface area contributed by atoms with Gasteiger partial charge in [-0.3, -0.25) is 21.1 Å². The number of aromatic amines is 2. The molecule has 2 amide bonds. The Hall–Kier alpha value is -3.31. The van der Waals surface area contributed by atoms with Crippen molar-refractivity contribution in [3.8, 4) is 0 Å². The zero-order valence-corrected chi connectivity index (χ0v) is 33.7. The average molecular weight is 1070 g/mol. The predicted molar refractivity (Wildman–Crippen MR) is 183 cm³/mol. The highest BCUT2D eigenvalue weighted by Gasteiger charge is 2.85. The second kappa shape index (κ2) is 15.9. The van der Waals surface area contributed by atoms with Crippen molar-refractivity contribution < 1.29 is 75.5 Å². The highest BCUT2D eigenvalue weighted by atomic mass is 79.9. The Balaban J connectivity index is 0.000000410. The van der Waals surface area contributed by atoms with Crippen LogP contribution in [0.25, 0.3) is 0 Å². The van der Waals surface area contributed by atoms with Crippen molar-refractivity contribution in [3.63, 3.8) is 0 Å². The lowest BCUT2D eigenvalue weighted by atomic mass is 9.77. The number of aliphatic carboxylic acids is 2. The monoisotopic (exact) mass is 1070 g/mol. The Morgan fingerprint density at radius 2 is 1.31 bits per heavy atom. The first kappa shape index (κ1) is 44.4. The topological polar surface area (TPSA) is 304 Å². The van der Waals surface area contributed by atoms with Gasteiger partial charge < -0.3 is 50.6 Å². The number of rotatable bonds is 6. The van der Waals surface area contributed by atoms with Gasteiger partial charge in [0.2, 0.25) is 6.23 Å². The van der Waals surface area contributed by atoms with E-state index in [-0.39, 0.29) is 30.9 Å². The number of carboxylic acid groups (broad SMARTS) is 2. The molecule has 13 N–H and O–H groups in total. The van der Waals surface area contributed by atoms with Gasteiger partial charge in [-0.1, -0.05) is 0 Å². The molecule has 4 aliphatic rings. The van der Waals surface area contributed by atoms with Gasteiger partial charge in [0.15, 0.2) is 5.54 Å². The van der Waals surface area contributed by atoms with Gasteiger partial charge in [0.1, 0.15) is 23.3 Å². The first-order valence-corrected chi connectivity index (χ1v) is 18.4. The van der Waals surface area contributed by atoms with E-state index in [1.54, 1.807) is 16.7 Å². The van der Waals surface area contributed by atoms with E-state index in [0.29, 0.717) is 29.5 Å². The summed E-state index contributed by atoms with van der Waals surface area (Å²) in [5, 5.41) is 51.8. The number of carbonyl (C=O) groups excluding carboxylic acids is 4. The summed E-state index contributed by atoms with van der Waals surface area (Å²) < 4.78 is 67.3. The first-order chi connectivity index (χ1) is 25.2. The molecule has 0 aromatic carbocycles. The van der Waals surface area contributed by atoms with Crippen molar-refractivity contribution in [1.82, 2.24) is 31.2 Å². The summed E-state index contributed by atoms with van der Waals surface area (Å²) >= 11 is 20.6. The van der Waals surface area contributed by atoms with Gasteiger partial charge in [-0.25, -0.2) is 20.2 Å². The summed E-state index contributed by atoms with van der Waals surface area (Å²) in [6, 6.07) is 3.26. The lowest BCUT2D eigenvalue weighted by molar-refractivity contribution is -0.779. The summed E-state index contributed by atoms with van der Waals surface area (Å²) in [6.45, 7) is 0.105. The molecular weight excluding hydrogens is 1050 g/mol. The van der Waals surface area contributed by atoms with Crippen LogP contribution in [0, 0.1) is 17.8 Å². The predicted octanol–water partition coefficient (Wildman–Crippen LogP) is -3.37. The molecule has 6 rings (SSSR count). The minimum atomic E-state index is -5.19. The Morgan fingerprint density at radius 3 is 1.69 bits per heavy atom. The van der Waals surface area contributed by atoms with Crippen LogP contribution in [0.15, 0.2) is 30.3 Å². The molecular formula is C26H25Br4ClF6N10O8. The van der Waals surface area contributed by atoms with Crippen molar-refractivity contribution in [1.29, 1.82) is 0 Å². The molecule has 2 fully saturated rings. The standard InChI is InChI=1S/C22H23Br4ClN10O4.2C2HF3O2/c23-7-1-9(32-13(7)25)15(38)30-3-5-6(4-31-16(39)10-2-8(24)14(26)33-10)12(27)21-11(5)22(41)17(34-19(28)36-22)37(21)20(29)35-18(21)40;2*3-2(4,5)1(6)7/h1-2,5-6,11-12,17-18,40-41H,3-4H2,(H9,28,29,30,31,32,33,34,35,36,38,39);2*(H,6,7)/t5-,6-,11+,12+,17+,18+,21+,22+;;/m0../s1. The molecule has 1 aliphatic carbocycles. The summed E-state index contributed by atoms with van der Waals surface area (Å²) in [7, 11) is 0. The van der Waals surface area contributed by atoms with Crippen molar-refractivity contribution in [2.75, 3.05) is 13.1 Å². The summed E-state index contributed by atoms with van der Waals surface area (Å²) in [5.41, 5.74) is 9.93. The molecule has 2 aromatic rings. The van der Waals surface area contributed by atoms with Gasteiger partial charge in [-0.05, 0) is 81.8 Å². The molecule has 304 valence electrons. The Labute approximate surface area is 341 Å². The molecule has 8 atom stereocenters. The number of fused-ring (bicyclic) bond motifs is 3. The number of aliphatic hydroxyl groups excluding tert-OH is 1. The number of hydrogen-bond acceptors (Lipinski definition) is 12. The summed E-state index contributed by atoms with van der Waals surface area (Å²) in [6.07, 6.45) is -12.5. The molecule has 3 aliphatic heterocycles. The molecule has 55 heavy (non-hydrogen) atoms. The van der Waals surface area contributed by atoms with Crippen LogP contribution in [0.4, 0.5) is 26.3 Å². The van der Waals surface area contributed by atoms with Crippen LogP contribution < -0.4 is 47.9 Å². The minimum absolute atomic E-state index is 0.0416. The molecule has 1 saturated carbocycles. The third kappa shape index (κ3) is 8.39. The van der Waals surface area contributed by atoms with Gasteiger partial charge in [-0.15, -0.1) is 11.6 Å². The van der Waals surface area contributed by atoms with E-state index in [1.807, 2.05) is 0 Å². The maximum atomic E-state index is 13.1. The summed E-state index contributed by atoms with van der Waals surface area (Å²) in [5.74, 6) is -8.52. The number of carboxylic acids is 2. The molecule has 2 aromatic heterocycles. The fraction of sp³-hybridized carbons (Fsp3) is 0.462. The van der Waals surface area contributed by atoms with E-state index in [9.17, 15) is 46.1 Å². The molecule has 1 saturated heterocycles. The number of amides is 2. The van der Waals surface area contributed by atoms with Crippen LogP contribution >= 0.6 is 75.3 Å². The van der Waals surface area contributed by atoms with E-state index in [4.69, 9.17) is 42.9 Å². The number of aliphatic hydroxyl groups is 2. The normalized spacial score (nSPS) is 28.9. The molecule has 1 spiro atoms. The van der Waals surface area contributed by atoms with Gasteiger partial charge in [0.25, 0.3) is 23.7 Å². The number of nitrogens with one attached hydrogen (secondary N) is 7. The smallest absolute Gasteiger partial charge is 0.430 e. The second-order valence-corrected chi connectivity index (χ2v) is 15.8. The van der Waals surface area contributed by atoms with Crippen molar-refractivity contribution in [3.05, 3.63) is 41.7 Å². The van der Waals surface area contributed by atoms with E-state index in [0.717, 1.165) is 0 Å². The number of halogens is 11. The fourth-order valence-electron chi connectivity index (χ4n) is 6.91. The van der Waals surface area contributed by atoms with Crippen LogP contribution in [-0.2, 0) is 9.59 Å². The highest BCUT2D eigenvalue weighted by Crippen LogP contribution is 2.60. The van der Waals surface area contributed by atoms with E-state index in [1.165, 1.54) is 0 Å². The zero-order chi connectivity index (χ0) is 41.7. The lowest BCUT2D eigenvalue weighted by Gasteiger charge is -2.33. The van der Waals surface area contributed by atoms with Crippen LogP contribution in [0.3, 0.4) is 0 Å². The Morgan fingerprint density at radius 1 is 0.891 bits per heavy atom. The SMILES string of the molecule is NC1=[NH+][C@@H]2[N+]3=C(N)N[C@H](O)[C@@]34[C@H](Cl)[C@@H](CNC(=O)c3cc(Br)c(Br)[nH]3)[C@H](CNC(=O)c3cc(Br)c(Br)[nH]3)[C@H]4[C@]2(O)N1.O=C([O-])C(F)(F)F.O=C([O-])C(F)(F)F. The third-order valence-corrected chi connectivity index (χ3v) is 13.1. The number of nitrogens with two attached hydrogens (primary N) is 2. The van der Waals surface area contributed by atoms with E-state index in [2.05, 4.69) is 99.9 Å². The second-order valence-electron chi connectivity index (χ2n) is 12.0. The quantitative estimate of drug-likeness (QED) is 0.0769. The van der Waals surface area contributed by atoms with Gasteiger partial charge >= 0.3 is 24.3 Å². The number of alkyl halides is 7. The number of H-pyrrole nitrogens is 2. The Kier molecular flexibility index (Phi) is 12.8. The first-order valence-electron chi connectivity index (χ1n) is 14.8. The average Bonchev–Trinajstić information content (AvgIpc) is 3.83. The van der Waals surface area contributed by atoms with Crippen molar-refractivity contribution in [2.24, 2.45) is 29.2 Å². The van der Waals surface area contributed by atoms with Crippen molar-refractivity contribution >= 4 is 111 Å². The zero-order valence-electron chi connectivity index (χ0n) is 26.6. The van der Waals surface area contributed by atoms with E-state index < -0.39 is 77.0 Å². The minimum Gasteiger partial charge on any atom is -0.542 e. The molecule has 0 bridgehead atoms. The van der Waals surface area contributed by atoms with Crippen LogP contribution in [0.1, 0.15) is 21.0 Å². The lowest BCUT2D eigenvalue weighted by Crippen LogP contribution is -2.84. The largest absolute Gasteiger partial charge is 0.542 e. The van der Waals surface area contributed by atoms with Gasteiger partial charge in [-0.2, -0.15) is 26.3 Å². The van der Waals surface area contributed by atoms with Crippen LogP contribution in [0.5, 0.6) is 0 Å². The molecule has 5 heterocycles. The number of guanidine groups is 2. The van der Waals surface area contributed by atoms with Crippen LogP contribution in [-0.4, -0.2) is 115 Å². The van der Waals surface area contributed by atoms with Crippen molar-refractivity contribution in [2.45, 2.75) is 41.4 Å². The van der Waals surface area contributed by atoms with Crippen LogP contribution in [0.2, 0.25) is 0 Å². The molecule has 0 unspecified atom stereocenters. The number of aromatic nitrogens is 2. The summed E-state index contributed by atoms with van der Waals surface area (Å²) in [4.78, 5) is 52.6. The third-order valence-electron chi connectivity index (χ3n) is 8.87. The Bertz CT molecular complexity index is 1890. The van der Waals surface area contributed by atoms with Gasteiger partial charge in [0, 0.05) is 19.0 Å². The number of carbonyl (C=O) groups is 4. The number of nitrogens with zero attached hydrogens (tertiary/aromatic N) is 1. The molecule has 29 heteroatoms. The van der Waals surface area contributed by atoms with E-state index >= 15 is 0 Å². The molecule has 18 nitrogen and oxygen atoms in total. The highest BCUT2D eigenvalue weighted by molar-refractivity contribution is 9.13. The fourth-order valence-corrected chi connectivity index (χ4v) is 8.86. The maximum Gasteiger partial charge on any atom is 0.430 e. The molecule has 0 radical (unpaired) electrons. The number of hydrogen-bond donors (Lipinski definition) is 11.